The van der Waals surface area contributed by atoms with Crippen molar-refractivity contribution in [2.75, 3.05) is 11.9 Å². The SMILES string of the molecule is CCOC(=O)Cc1csc(NC(=O)/C(=C/c2ccc(OC(F)F)cc2)c2ccccc2)n1. The summed E-state index contributed by atoms with van der Waals surface area (Å²) in [5.41, 5.74) is 2.16. The van der Waals surface area contributed by atoms with E-state index in [0.29, 0.717) is 27.5 Å². The quantitative estimate of drug-likeness (QED) is 0.277. The zero-order valence-corrected chi connectivity index (χ0v) is 17.9. The van der Waals surface area contributed by atoms with Crippen LogP contribution in [0.5, 0.6) is 5.75 Å². The van der Waals surface area contributed by atoms with Crippen molar-refractivity contribution in [1.29, 1.82) is 0 Å². The molecule has 0 fully saturated rings. The largest absolute Gasteiger partial charge is 0.466 e. The van der Waals surface area contributed by atoms with E-state index in [0.717, 1.165) is 0 Å². The number of carbonyl (C=O) groups is 2. The highest BCUT2D eigenvalue weighted by Crippen LogP contribution is 2.24. The maximum atomic E-state index is 13.0. The molecule has 1 aromatic heterocycles. The highest BCUT2D eigenvalue weighted by atomic mass is 32.1. The van der Waals surface area contributed by atoms with Gasteiger partial charge in [0.05, 0.1) is 18.7 Å². The molecule has 0 spiro atoms. The summed E-state index contributed by atoms with van der Waals surface area (Å²) in [6.07, 6.45) is 1.67. The third kappa shape index (κ3) is 6.71. The second-order valence-corrected chi connectivity index (χ2v) is 7.31. The molecule has 0 radical (unpaired) electrons. The number of esters is 1. The summed E-state index contributed by atoms with van der Waals surface area (Å²) in [5, 5.41) is 4.77. The normalized spacial score (nSPS) is 11.3. The lowest BCUT2D eigenvalue weighted by Crippen LogP contribution is -2.14. The van der Waals surface area contributed by atoms with E-state index in [1.165, 1.54) is 23.5 Å². The first kappa shape index (κ1) is 23.1. The molecule has 1 amide bonds. The smallest absolute Gasteiger partial charge is 0.387 e. The van der Waals surface area contributed by atoms with Gasteiger partial charge in [-0.1, -0.05) is 42.5 Å². The molecule has 0 aliphatic heterocycles. The van der Waals surface area contributed by atoms with Crippen molar-refractivity contribution in [3.05, 3.63) is 76.8 Å². The van der Waals surface area contributed by atoms with Gasteiger partial charge in [0.2, 0.25) is 0 Å². The molecular weight excluding hydrogens is 438 g/mol. The van der Waals surface area contributed by atoms with Crippen molar-refractivity contribution < 1.29 is 27.8 Å². The number of nitrogens with one attached hydrogen (secondary N) is 1. The molecule has 0 aliphatic rings. The number of amides is 1. The molecule has 9 heteroatoms. The molecule has 2 aromatic carbocycles. The van der Waals surface area contributed by atoms with Gasteiger partial charge in [-0.2, -0.15) is 8.78 Å². The van der Waals surface area contributed by atoms with Crippen LogP contribution in [0.15, 0.2) is 60.0 Å². The van der Waals surface area contributed by atoms with Crippen molar-refractivity contribution in [3.63, 3.8) is 0 Å². The van der Waals surface area contributed by atoms with Gasteiger partial charge in [-0.25, -0.2) is 4.98 Å². The number of alkyl halides is 2. The number of anilines is 1. The summed E-state index contributed by atoms with van der Waals surface area (Å²) in [7, 11) is 0. The van der Waals surface area contributed by atoms with Crippen LogP contribution >= 0.6 is 11.3 Å². The molecule has 3 aromatic rings. The number of rotatable bonds is 9. The van der Waals surface area contributed by atoms with Crippen molar-refractivity contribution in [2.24, 2.45) is 0 Å². The Labute approximate surface area is 187 Å². The molecule has 1 heterocycles. The summed E-state index contributed by atoms with van der Waals surface area (Å²) >= 11 is 1.20. The Morgan fingerprint density at radius 3 is 2.50 bits per heavy atom. The van der Waals surface area contributed by atoms with Crippen LogP contribution in [0.3, 0.4) is 0 Å². The number of aromatic nitrogens is 1. The summed E-state index contributed by atoms with van der Waals surface area (Å²) in [4.78, 5) is 28.9. The summed E-state index contributed by atoms with van der Waals surface area (Å²) < 4.78 is 34.0. The first-order valence-corrected chi connectivity index (χ1v) is 10.6. The maximum Gasteiger partial charge on any atom is 0.387 e. The van der Waals surface area contributed by atoms with Gasteiger partial charge in [-0.15, -0.1) is 11.3 Å². The molecular formula is C23H20F2N2O4S. The number of thiazole rings is 1. The van der Waals surface area contributed by atoms with E-state index in [2.05, 4.69) is 15.0 Å². The Morgan fingerprint density at radius 1 is 1.12 bits per heavy atom. The second kappa shape index (κ2) is 11.1. The topological polar surface area (TPSA) is 77.5 Å². The summed E-state index contributed by atoms with van der Waals surface area (Å²) in [5.74, 6) is -0.763. The van der Waals surface area contributed by atoms with Crippen LogP contribution in [0.4, 0.5) is 13.9 Å². The number of nitrogens with zero attached hydrogens (tertiary/aromatic N) is 1. The predicted molar refractivity (Wildman–Crippen MR) is 118 cm³/mol. The standard InChI is InChI=1S/C23H20F2N2O4S/c1-2-30-20(28)13-17-14-32-23(26-17)27-21(29)19(16-6-4-3-5-7-16)12-15-8-10-18(11-9-15)31-22(24)25/h3-12,14,22H,2,13H2,1H3,(H,26,27,29)/b19-12+. The van der Waals surface area contributed by atoms with E-state index >= 15 is 0 Å². The van der Waals surface area contributed by atoms with E-state index in [1.807, 2.05) is 6.07 Å². The minimum atomic E-state index is -2.91. The fourth-order valence-electron chi connectivity index (χ4n) is 2.78. The predicted octanol–water partition coefficient (Wildman–Crippen LogP) is 5.03. The van der Waals surface area contributed by atoms with Crippen LogP contribution < -0.4 is 10.1 Å². The lowest BCUT2D eigenvalue weighted by Gasteiger charge is -2.09. The number of hydrogen-bond donors (Lipinski definition) is 1. The van der Waals surface area contributed by atoms with E-state index in [9.17, 15) is 18.4 Å². The van der Waals surface area contributed by atoms with Crippen LogP contribution in [-0.4, -0.2) is 30.1 Å². The molecule has 6 nitrogen and oxygen atoms in total. The Hall–Kier alpha value is -3.59. The van der Waals surface area contributed by atoms with Crippen LogP contribution in [0.1, 0.15) is 23.7 Å². The highest BCUT2D eigenvalue weighted by Gasteiger charge is 2.15. The minimum Gasteiger partial charge on any atom is -0.466 e. The monoisotopic (exact) mass is 458 g/mol. The van der Waals surface area contributed by atoms with Gasteiger partial charge in [0.25, 0.3) is 5.91 Å². The molecule has 3 rings (SSSR count). The van der Waals surface area contributed by atoms with E-state index in [-0.39, 0.29) is 24.7 Å². The van der Waals surface area contributed by atoms with Crippen LogP contribution in [0.2, 0.25) is 0 Å². The number of halogens is 2. The van der Waals surface area contributed by atoms with Crippen LogP contribution in [0, 0.1) is 0 Å². The molecule has 166 valence electrons. The van der Waals surface area contributed by atoms with Crippen molar-refractivity contribution in [1.82, 2.24) is 4.98 Å². The van der Waals surface area contributed by atoms with Crippen molar-refractivity contribution in [2.45, 2.75) is 20.0 Å². The molecule has 32 heavy (non-hydrogen) atoms. The molecule has 0 saturated carbocycles. The molecule has 0 aliphatic carbocycles. The lowest BCUT2D eigenvalue weighted by molar-refractivity contribution is -0.142. The Morgan fingerprint density at radius 2 is 1.84 bits per heavy atom. The van der Waals surface area contributed by atoms with Gasteiger partial charge in [0, 0.05) is 11.0 Å². The molecule has 0 atom stereocenters. The average Bonchev–Trinajstić information content (AvgIpc) is 3.20. The van der Waals surface area contributed by atoms with E-state index in [4.69, 9.17) is 4.74 Å². The van der Waals surface area contributed by atoms with Crippen LogP contribution in [-0.2, 0) is 20.7 Å². The molecule has 0 bridgehead atoms. The van der Waals surface area contributed by atoms with Gasteiger partial charge in [0.1, 0.15) is 5.75 Å². The Kier molecular flexibility index (Phi) is 8.04. The molecule has 0 saturated heterocycles. The Balaban J connectivity index is 1.80. The third-order valence-corrected chi connectivity index (χ3v) is 4.96. The first-order valence-electron chi connectivity index (χ1n) is 9.68. The van der Waals surface area contributed by atoms with Crippen molar-refractivity contribution in [3.8, 4) is 5.75 Å². The van der Waals surface area contributed by atoms with Crippen molar-refractivity contribution >= 4 is 40.0 Å². The summed E-state index contributed by atoms with van der Waals surface area (Å²) in [6.45, 7) is -0.900. The first-order chi connectivity index (χ1) is 15.4. The number of benzene rings is 2. The number of carbonyl (C=O) groups excluding carboxylic acids is 2. The minimum absolute atomic E-state index is 0.0224. The molecule has 1 N–H and O–H groups in total. The summed E-state index contributed by atoms with van der Waals surface area (Å²) in [6, 6.07) is 15.0. The average molecular weight is 458 g/mol. The highest BCUT2D eigenvalue weighted by molar-refractivity contribution is 7.14. The zero-order chi connectivity index (χ0) is 22.9. The number of hydrogen-bond acceptors (Lipinski definition) is 6. The van der Waals surface area contributed by atoms with E-state index in [1.54, 1.807) is 54.8 Å². The third-order valence-electron chi connectivity index (χ3n) is 4.15. The van der Waals surface area contributed by atoms with Gasteiger partial charge in [0.15, 0.2) is 5.13 Å². The van der Waals surface area contributed by atoms with Gasteiger partial charge < -0.3 is 9.47 Å². The van der Waals surface area contributed by atoms with Gasteiger partial charge in [-0.05, 0) is 36.3 Å². The zero-order valence-electron chi connectivity index (χ0n) is 17.1. The molecule has 0 unspecified atom stereocenters. The maximum absolute atomic E-state index is 13.0. The fourth-order valence-corrected chi connectivity index (χ4v) is 3.49. The fraction of sp³-hybridized carbons (Fsp3) is 0.174. The van der Waals surface area contributed by atoms with Crippen LogP contribution in [0.25, 0.3) is 11.6 Å². The second-order valence-electron chi connectivity index (χ2n) is 6.45. The van der Waals surface area contributed by atoms with Gasteiger partial charge >= 0.3 is 12.6 Å². The van der Waals surface area contributed by atoms with E-state index < -0.39 is 12.5 Å². The Bertz CT molecular complexity index is 1080. The van der Waals surface area contributed by atoms with Gasteiger partial charge in [-0.3, -0.25) is 14.9 Å². The lowest BCUT2D eigenvalue weighted by atomic mass is 10.0. The number of ether oxygens (including phenoxy) is 2.